The third-order valence-corrected chi connectivity index (χ3v) is 2.92. The number of rotatable bonds is 5. The second kappa shape index (κ2) is 5.85. The summed E-state index contributed by atoms with van der Waals surface area (Å²) >= 11 is 0. The highest BCUT2D eigenvalue weighted by atomic mass is 19.1. The molecule has 0 heterocycles. The van der Waals surface area contributed by atoms with E-state index in [0.29, 0.717) is 11.5 Å². The molecule has 2 unspecified atom stereocenters. The summed E-state index contributed by atoms with van der Waals surface area (Å²) in [5.74, 6) is 0.196. The van der Waals surface area contributed by atoms with E-state index in [2.05, 4.69) is 19.2 Å². The Labute approximate surface area is 96.5 Å². The molecule has 0 aliphatic rings. The molecule has 1 rings (SSSR count). The molecule has 3 heteroatoms. The van der Waals surface area contributed by atoms with Crippen LogP contribution in [0, 0.1) is 11.7 Å². The Balaban J connectivity index is 2.62. The van der Waals surface area contributed by atoms with Gasteiger partial charge in [0.15, 0.2) is 0 Å². The van der Waals surface area contributed by atoms with Crippen molar-refractivity contribution in [2.45, 2.75) is 33.2 Å². The lowest BCUT2D eigenvalue weighted by molar-refractivity contribution is 0.443. The second-order valence-corrected chi connectivity index (χ2v) is 4.35. The maximum atomic E-state index is 13.5. The van der Waals surface area contributed by atoms with Crippen molar-refractivity contribution >= 4 is 0 Å². The minimum absolute atomic E-state index is 0.0321. The van der Waals surface area contributed by atoms with Gasteiger partial charge in [-0.2, -0.15) is 0 Å². The zero-order valence-electron chi connectivity index (χ0n) is 10.1. The van der Waals surface area contributed by atoms with Gasteiger partial charge in [0.2, 0.25) is 0 Å². The van der Waals surface area contributed by atoms with Crippen molar-refractivity contribution < 1.29 is 9.50 Å². The quantitative estimate of drug-likeness (QED) is 0.806. The largest absolute Gasteiger partial charge is 0.508 e. The van der Waals surface area contributed by atoms with Gasteiger partial charge < -0.3 is 10.4 Å². The van der Waals surface area contributed by atoms with Gasteiger partial charge in [-0.3, -0.25) is 0 Å². The van der Waals surface area contributed by atoms with E-state index in [1.165, 1.54) is 6.07 Å². The SMILES string of the molecule is CCC(C)CNC(C)c1ccc(O)cc1F. The summed E-state index contributed by atoms with van der Waals surface area (Å²) in [5, 5.41) is 12.4. The van der Waals surface area contributed by atoms with E-state index in [4.69, 9.17) is 5.11 Å². The molecule has 2 atom stereocenters. The van der Waals surface area contributed by atoms with Gasteiger partial charge in [-0.1, -0.05) is 26.3 Å². The van der Waals surface area contributed by atoms with Gasteiger partial charge in [-0.25, -0.2) is 4.39 Å². The Hall–Kier alpha value is -1.09. The van der Waals surface area contributed by atoms with Crippen LogP contribution in [0.2, 0.25) is 0 Å². The predicted octanol–water partition coefficient (Wildman–Crippen LogP) is 3.23. The number of phenolic OH excluding ortho intramolecular Hbond substituents is 1. The molecule has 0 amide bonds. The summed E-state index contributed by atoms with van der Waals surface area (Å²) in [4.78, 5) is 0. The van der Waals surface area contributed by atoms with Crippen LogP contribution in [0.1, 0.15) is 38.8 Å². The predicted molar refractivity (Wildman–Crippen MR) is 63.9 cm³/mol. The molecular formula is C13H20FNO. The van der Waals surface area contributed by atoms with E-state index >= 15 is 0 Å². The zero-order valence-corrected chi connectivity index (χ0v) is 10.1. The summed E-state index contributed by atoms with van der Waals surface area (Å²) in [6.45, 7) is 7.10. The van der Waals surface area contributed by atoms with Crippen molar-refractivity contribution in [3.05, 3.63) is 29.6 Å². The summed E-state index contributed by atoms with van der Waals surface area (Å²) in [7, 11) is 0. The van der Waals surface area contributed by atoms with Gasteiger partial charge in [0, 0.05) is 17.7 Å². The summed E-state index contributed by atoms with van der Waals surface area (Å²) in [5.41, 5.74) is 0.598. The monoisotopic (exact) mass is 225 g/mol. The lowest BCUT2D eigenvalue weighted by atomic mass is 10.1. The fraction of sp³-hybridized carbons (Fsp3) is 0.538. The first-order valence-electron chi connectivity index (χ1n) is 5.76. The van der Waals surface area contributed by atoms with Crippen LogP contribution in [0.15, 0.2) is 18.2 Å². The number of benzene rings is 1. The van der Waals surface area contributed by atoms with Gasteiger partial charge in [-0.15, -0.1) is 0 Å². The van der Waals surface area contributed by atoms with Crippen LogP contribution < -0.4 is 5.32 Å². The maximum Gasteiger partial charge on any atom is 0.131 e. The Morgan fingerprint density at radius 2 is 2.06 bits per heavy atom. The van der Waals surface area contributed by atoms with Crippen LogP contribution in [0.25, 0.3) is 0 Å². The molecule has 0 fully saturated rings. The molecule has 0 bridgehead atoms. The highest BCUT2D eigenvalue weighted by Crippen LogP contribution is 2.21. The molecule has 90 valence electrons. The van der Waals surface area contributed by atoms with Crippen LogP contribution in [0.4, 0.5) is 4.39 Å². The maximum absolute atomic E-state index is 13.5. The summed E-state index contributed by atoms with van der Waals surface area (Å²) in [6, 6.07) is 4.25. The summed E-state index contributed by atoms with van der Waals surface area (Å²) < 4.78 is 13.5. The number of hydrogen-bond acceptors (Lipinski definition) is 2. The van der Waals surface area contributed by atoms with Crippen molar-refractivity contribution in [3.8, 4) is 5.75 Å². The van der Waals surface area contributed by atoms with Gasteiger partial charge in [-0.05, 0) is 25.5 Å². The minimum Gasteiger partial charge on any atom is -0.508 e. The van der Waals surface area contributed by atoms with E-state index < -0.39 is 0 Å². The second-order valence-electron chi connectivity index (χ2n) is 4.35. The molecule has 0 radical (unpaired) electrons. The zero-order chi connectivity index (χ0) is 12.1. The van der Waals surface area contributed by atoms with Crippen molar-refractivity contribution in [2.24, 2.45) is 5.92 Å². The van der Waals surface area contributed by atoms with Gasteiger partial charge in [0.25, 0.3) is 0 Å². The van der Waals surface area contributed by atoms with Gasteiger partial charge in [0.1, 0.15) is 11.6 Å². The van der Waals surface area contributed by atoms with Gasteiger partial charge >= 0.3 is 0 Å². The number of hydrogen-bond donors (Lipinski definition) is 2. The Morgan fingerprint density at radius 3 is 2.62 bits per heavy atom. The van der Waals surface area contributed by atoms with Gasteiger partial charge in [0.05, 0.1) is 0 Å². The molecule has 2 N–H and O–H groups in total. The molecule has 1 aromatic rings. The standard InChI is InChI=1S/C13H20FNO/c1-4-9(2)8-15-10(3)12-6-5-11(16)7-13(12)14/h5-7,9-10,15-16H,4,8H2,1-3H3. The van der Waals surface area contributed by atoms with Crippen LogP contribution in [0.3, 0.4) is 0 Å². The fourth-order valence-electron chi connectivity index (χ4n) is 1.50. The van der Waals surface area contributed by atoms with E-state index in [0.717, 1.165) is 19.0 Å². The van der Waals surface area contributed by atoms with E-state index in [1.54, 1.807) is 6.07 Å². The van der Waals surface area contributed by atoms with Crippen LogP contribution in [-0.2, 0) is 0 Å². The van der Waals surface area contributed by atoms with E-state index in [9.17, 15) is 4.39 Å². The topological polar surface area (TPSA) is 32.3 Å². The molecular weight excluding hydrogens is 205 g/mol. The first kappa shape index (κ1) is 13.0. The lowest BCUT2D eigenvalue weighted by Crippen LogP contribution is -2.24. The van der Waals surface area contributed by atoms with Crippen LogP contribution in [-0.4, -0.2) is 11.7 Å². The highest BCUT2D eigenvalue weighted by molar-refractivity contribution is 5.29. The average molecular weight is 225 g/mol. The average Bonchev–Trinajstić information content (AvgIpc) is 2.25. The molecule has 2 nitrogen and oxygen atoms in total. The number of halogens is 1. The number of nitrogens with one attached hydrogen (secondary N) is 1. The van der Waals surface area contributed by atoms with Crippen molar-refractivity contribution in [2.75, 3.05) is 6.54 Å². The molecule has 1 aromatic carbocycles. The molecule has 0 spiro atoms. The van der Waals surface area contributed by atoms with Crippen LogP contribution in [0.5, 0.6) is 5.75 Å². The Bertz CT molecular complexity index is 341. The van der Waals surface area contributed by atoms with E-state index in [1.807, 2.05) is 6.92 Å². The van der Waals surface area contributed by atoms with Crippen molar-refractivity contribution in [1.29, 1.82) is 0 Å². The molecule has 0 saturated heterocycles. The molecule has 16 heavy (non-hydrogen) atoms. The molecule has 0 aromatic heterocycles. The van der Waals surface area contributed by atoms with Crippen LogP contribution >= 0.6 is 0 Å². The Morgan fingerprint density at radius 1 is 1.38 bits per heavy atom. The highest BCUT2D eigenvalue weighted by Gasteiger charge is 2.11. The fourth-order valence-corrected chi connectivity index (χ4v) is 1.50. The smallest absolute Gasteiger partial charge is 0.131 e. The Kier molecular flexibility index (Phi) is 4.74. The lowest BCUT2D eigenvalue weighted by Gasteiger charge is -2.17. The first-order chi connectivity index (χ1) is 7.54. The first-order valence-corrected chi connectivity index (χ1v) is 5.76. The number of phenols is 1. The summed E-state index contributed by atoms with van der Waals surface area (Å²) in [6.07, 6.45) is 1.11. The minimum atomic E-state index is -0.357. The van der Waals surface area contributed by atoms with Crippen molar-refractivity contribution in [3.63, 3.8) is 0 Å². The third-order valence-electron chi connectivity index (χ3n) is 2.92. The number of aromatic hydroxyl groups is 1. The van der Waals surface area contributed by atoms with Crippen molar-refractivity contribution in [1.82, 2.24) is 5.32 Å². The molecule has 0 saturated carbocycles. The normalized spacial score (nSPS) is 14.8. The third kappa shape index (κ3) is 3.49. The molecule has 0 aliphatic carbocycles. The molecule has 0 aliphatic heterocycles. The van der Waals surface area contributed by atoms with E-state index in [-0.39, 0.29) is 17.6 Å².